The Morgan fingerprint density at radius 2 is 1.85 bits per heavy atom. The molecule has 1 aliphatic rings. The highest BCUT2D eigenvalue weighted by atomic mass is 79.9. The van der Waals surface area contributed by atoms with Gasteiger partial charge in [-0.2, -0.15) is 0 Å². The molecule has 1 heterocycles. The Hall–Kier alpha value is -3.41. The molecule has 0 saturated carbocycles. The van der Waals surface area contributed by atoms with Crippen molar-refractivity contribution in [2.75, 3.05) is 18.5 Å². The molecule has 0 atom stereocenters. The Kier molecular flexibility index (Phi) is 9.26. The Morgan fingerprint density at radius 3 is 2.54 bits per heavy atom. The summed E-state index contributed by atoms with van der Waals surface area (Å²) < 4.78 is 38.7. The molecule has 4 rings (SSSR count). The Labute approximate surface area is 240 Å². The number of halogens is 4. The van der Waals surface area contributed by atoms with Gasteiger partial charge in [0.1, 0.15) is 24.8 Å². The van der Waals surface area contributed by atoms with Gasteiger partial charge in [0.25, 0.3) is 11.1 Å². The quantitative estimate of drug-likeness (QED) is 0.254. The Bertz CT molecular complexity index is 1470. The number of hydrogen-bond donors (Lipinski definition) is 1. The summed E-state index contributed by atoms with van der Waals surface area (Å²) in [5, 5.41) is 1.70. The molecule has 1 fully saturated rings. The van der Waals surface area contributed by atoms with E-state index in [1.54, 1.807) is 31.2 Å². The van der Waals surface area contributed by atoms with E-state index in [4.69, 9.17) is 21.1 Å². The van der Waals surface area contributed by atoms with Crippen molar-refractivity contribution in [3.63, 3.8) is 0 Å². The van der Waals surface area contributed by atoms with Crippen molar-refractivity contribution < 1.29 is 32.6 Å². The van der Waals surface area contributed by atoms with Crippen molar-refractivity contribution in [3.8, 4) is 11.5 Å². The minimum Gasteiger partial charge on any atom is -0.490 e. The fraction of sp³-hybridized carbons (Fsp3) is 0.148. The summed E-state index contributed by atoms with van der Waals surface area (Å²) >= 11 is 9.89. The average molecular weight is 638 g/mol. The molecule has 0 radical (unpaired) electrons. The third kappa shape index (κ3) is 7.17. The van der Waals surface area contributed by atoms with Crippen molar-refractivity contribution >= 4 is 68.1 Å². The number of hydrogen-bond acceptors (Lipinski definition) is 6. The molecule has 12 heteroatoms. The van der Waals surface area contributed by atoms with E-state index in [2.05, 4.69) is 21.2 Å². The van der Waals surface area contributed by atoms with Gasteiger partial charge in [0.15, 0.2) is 11.5 Å². The summed E-state index contributed by atoms with van der Waals surface area (Å²) in [6.07, 6.45) is 1.51. The van der Waals surface area contributed by atoms with Gasteiger partial charge in [-0.25, -0.2) is 8.78 Å². The molecule has 0 bridgehead atoms. The number of ether oxygens (including phenoxy) is 2. The van der Waals surface area contributed by atoms with Gasteiger partial charge in [0, 0.05) is 5.69 Å². The van der Waals surface area contributed by atoms with Gasteiger partial charge in [0.2, 0.25) is 5.91 Å². The van der Waals surface area contributed by atoms with Gasteiger partial charge >= 0.3 is 0 Å². The zero-order chi connectivity index (χ0) is 28.1. The van der Waals surface area contributed by atoms with E-state index in [0.29, 0.717) is 39.9 Å². The molecule has 202 valence electrons. The zero-order valence-corrected chi connectivity index (χ0v) is 23.5. The van der Waals surface area contributed by atoms with Crippen LogP contribution in [0.3, 0.4) is 0 Å². The highest BCUT2D eigenvalue weighted by molar-refractivity contribution is 9.10. The van der Waals surface area contributed by atoms with E-state index in [1.807, 2.05) is 0 Å². The van der Waals surface area contributed by atoms with Crippen molar-refractivity contribution in [3.05, 3.63) is 91.8 Å². The van der Waals surface area contributed by atoms with Crippen LogP contribution in [0.4, 0.5) is 19.3 Å². The second kappa shape index (κ2) is 12.6. The van der Waals surface area contributed by atoms with E-state index < -0.39 is 29.4 Å². The molecule has 1 N–H and O–H groups in total. The highest BCUT2D eigenvalue weighted by Crippen LogP contribution is 2.39. The molecule has 3 aromatic rings. The zero-order valence-electron chi connectivity index (χ0n) is 20.3. The lowest BCUT2D eigenvalue weighted by atomic mass is 10.1. The van der Waals surface area contributed by atoms with E-state index in [0.717, 1.165) is 16.5 Å². The number of benzene rings is 3. The standard InChI is InChI=1S/C27H20BrClF2N2O5S/c1-2-37-22-10-16(9-19(28)25(22)38-14-15-3-5-17(30)6-4-15)11-23-26(35)33(27(36)39-23)13-24(34)32-18-7-8-21(31)20(29)12-18/h3-12H,2,13-14H2,1H3,(H,32,34)/b23-11-. The normalized spacial score (nSPS) is 14.2. The minimum absolute atomic E-state index is 0.118. The van der Waals surface area contributed by atoms with Crippen molar-refractivity contribution in [1.82, 2.24) is 4.90 Å². The number of amides is 3. The molecular weight excluding hydrogens is 618 g/mol. The lowest BCUT2D eigenvalue weighted by molar-refractivity contribution is -0.127. The number of carbonyl (C=O) groups is 3. The van der Waals surface area contributed by atoms with Gasteiger partial charge in [-0.15, -0.1) is 0 Å². The van der Waals surface area contributed by atoms with Crippen LogP contribution in [-0.2, 0) is 16.2 Å². The maximum atomic E-state index is 13.3. The fourth-order valence-corrected chi connectivity index (χ4v) is 5.11. The third-order valence-electron chi connectivity index (χ3n) is 5.30. The van der Waals surface area contributed by atoms with Crippen LogP contribution in [0, 0.1) is 11.6 Å². The first-order chi connectivity index (χ1) is 18.6. The van der Waals surface area contributed by atoms with Crippen molar-refractivity contribution in [2.24, 2.45) is 0 Å². The molecule has 0 aromatic heterocycles. The lowest BCUT2D eigenvalue weighted by Crippen LogP contribution is -2.36. The van der Waals surface area contributed by atoms with Crippen molar-refractivity contribution in [2.45, 2.75) is 13.5 Å². The van der Waals surface area contributed by atoms with Crippen LogP contribution in [0.15, 0.2) is 64.0 Å². The van der Waals surface area contributed by atoms with E-state index in [-0.39, 0.29) is 28.0 Å². The number of nitrogens with zero attached hydrogens (tertiary/aromatic N) is 1. The number of carbonyl (C=O) groups excluding carboxylic acids is 3. The van der Waals surface area contributed by atoms with Gasteiger partial charge in [-0.3, -0.25) is 19.3 Å². The highest BCUT2D eigenvalue weighted by Gasteiger charge is 2.36. The third-order valence-corrected chi connectivity index (χ3v) is 7.09. The van der Waals surface area contributed by atoms with Crippen LogP contribution in [0.5, 0.6) is 11.5 Å². The number of rotatable bonds is 9. The monoisotopic (exact) mass is 636 g/mol. The first-order valence-corrected chi connectivity index (χ1v) is 13.5. The topological polar surface area (TPSA) is 84.9 Å². The predicted molar refractivity (Wildman–Crippen MR) is 149 cm³/mol. The molecule has 39 heavy (non-hydrogen) atoms. The van der Waals surface area contributed by atoms with Gasteiger partial charge in [-0.05, 0) is 94.3 Å². The second-order valence-corrected chi connectivity index (χ2v) is 10.4. The summed E-state index contributed by atoms with van der Waals surface area (Å²) in [7, 11) is 0. The molecule has 3 aromatic carbocycles. The molecule has 7 nitrogen and oxygen atoms in total. The van der Waals surface area contributed by atoms with E-state index >= 15 is 0 Å². The van der Waals surface area contributed by atoms with Crippen molar-refractivity contribution in [1.29, 1.82) is 0 Å². The molecule has 1 saturated heterocycles. The molecule has 0 unspecified atom stereocenters. The molecule has 3 amide bonds. The van der Waals surface area contributed by atoms with Gasteiger partial charge < -0.3 is 14.8 Å². The Balaban J connectivity index is 1.48. The molecule has 1 aliphatic heterocycles. The number of anilines is 1. The summed E-state index contributed by atoms with van der Waals surface area (Å²) in [5.41, 5.74) is 1.54. The van der Waals surface area contributed by atoms with Crippen LogP contribution >= 0.6 is 39.3 Å². The minimum atomic E-state index is -0.648. The number of imide groups is 1. The number of thioether (sulfide) groups is 1. The fourth-order valence-electron chi connectivity index (χ4n) is 3.52. The summed E-state index contributed by atoms with van der Waals surface area (Å²) in [4.78, 5) is 38.8. The number of nitrogens with one attached hydrogen (secondary N) is 1. The molecule has 0 spiro atoms. The van der Waals surface area contributed by atoms with E-state index in [1.165, 1.54) is 30.3 Å². The van der Waals surface area contributed by atoms with Crippen LogP contribution < -0.4 is 14.8 Å². The van der Waals surface area contributed by atoms with Crippen LogP contribution in [-0.4, -0.2) is 35.1 Å². The molecular formula is C27H20BrClF2N2O5S. The van der Waals surface area contributed by atoms with Crippen LogP contribution in [0.1, 0.15) is 18.1 Å². The van der Waals surface area contributed by atoms with E-state index in [9.17, 15) is 23.2 Å². The van der Waals surface area contributed by atoms with Gasteiger partial charge in [0.05, 0.1) is 21.0 Å². The van der Waals surface area contributed by atoms with Crippen LogP contribution in [0.2, 0.25) is 5.02 Å². The second-order valence-electron chi connectivity index (χ2n) is 8.12. The maximum absolute atomic E-state index is 13.3. The van der Waals surface area contributed by atoms with Crippen LogP contribution in [0.25, 0.3) is 6.08 Å². The SMILES string of the molecule is CCOc1cc(/C=C2\SC(=O)N(CC(=O)Nc3ccc(F)c(Cl)c3)C2=O)cc(Br)c1OCc1ccc(F)cc1. The average Bonchev–Trinajstić information content (AvgIpc) is 3.14. The Morgan fingerprint density at radius 1 is 1.10 bits per heavy atom. The summed E-state index contributed by atoms with van der Waals surface area (Å²) in [6, 6.07) is 12.9. The molecule has 0 aliphatic carbocycles. The first-order valence-electron chi connectivity index (χ1n) is 11.5. The predicted octanol–water partition coefficient (Wildman–Crippen LogP) is 7.03. The summed E-state index contributed by atoms with van der Waals surface area (Å²) in [6.45, 7) is 1.79. The largest absolute Gasteiger partial charge is 0.490 e. The lowest BCUT2D eigenvalue weighted by Gasteiger charge is -2.15. The maximum Gasteiger partial charge on any atom is 0.294 e. The smallest absolute Gasteiger partial charge is 0.294 e. The first kappa shape index (κ1) is 28.6. The van der Waals surface area contributed by atoms with Gasteiger partial charge in [-0.1, -0.05) is 23.7 Å². The summed E-state index contributed by atoms with van der Waals surface area (Å²) in [5.74, 6) is -1.45.